The molecule has 3 N–H and O–H groups in total. The van der Waals surface area contributed by atoms with Gasteiger partial charge in [0.15, 0.2) is 0 Å². The van der Waals surface area contributed by atoms with Crippen molar-refractivity contribution in [3.63, 3.8) is 0 Å². The molecule has 0 bridgehead atoms. The van der Waals surface area contributed by atoms with Crippen LogP contribution in [0.1, 0.15) is 31.9 Å². The van der Waals surface area contributed by atoms with Crippen LogP contribution in [-0.2, 0) is 4.79 Å². The summed E-state index contributed by atoms with van der Waals surface area (Å²) in [5, 5.41) is 2.85. The molecule has 2 aliphatic rings. The van der Waals surface area contributed by atoms with Crippen LogP contribution in [0.15, 0.2) is 16.6 Å². The van der Waals surface area contributed by atoms with Crippen LogP contribution in [0.4, 0.5) is 11.4 Å². The molecule has 102 valence electrons. The van der Waals surface area contributed by atoms with Gasteiger partial charge in [-0.2, -0.15) is 0 Å². The number of rotatable bonds is 1. The molecule has 3 unspecified atom stereocenters. The normalized spacial score (nSPS) is 29.6. The van der Waals surface area contributed by atoms with Gasteiger partial charge >= 0.3 is 0 Å². The average Bonchev–Trinajstić information content (AvgIpc) is 2.81. The third-order valence-corrected chi connectivity index (χ3v) is 4.72. The van der Waals surface area contributed by atoms with Crippen LogP contribution in [0.3, 0.4) is 0 Å². The summed E-state index contributed by atoms with van der Waals surface area (Å²) in [6, 6.07) is 3.99. The zero-order valence-corrected chi connectivity index (χ0v) is 12.7. The summed E-state index contributed by atoms with van der Waals surface area (Å²) in [4.78, 5) is 14.0. The topological polar surface area (TPSA) is 58.4 Å². The minimum atomic E-state index is -0.546. The smallest absolute Gasteiger partial charge is 0.245 e. The van der Waals surface area contributed by atoms with Gasteiger partial charge in [0, 0.05) is 28.3 Å². The summed E-state index contributed by atoms with van der Waals surface area (Å²) in [6.07, 6.45) is 1.20. The van der Waals surface area contributed by atoms with Crippen molar-refractivity contribution in [2.24, 2.45) is 11.7 Å². The molecule has 1 aromatic carbocycles. The molecule has 2 aliphatic heterocycles. The van der Waals surface area contributed by atoms with E-state index in [4.69, 9.17) is 5.73 Å². The van der Waals surface area contributed by atoms with Crippen LogP contribution in [-0.4, -0.2) is 18.5 Å². The third kappa shape index (κ3) is 2.05. The van der Waals surface area contributed by atoms with Crippen molar-refractivity contribution in [2.45, 2.75) is 32.4 Å². The van der Waals surface area contributed by atoms with E-state index in [1.807, 2.05) is 12.1 Å². The fourth-order valence-electron chi connectivity index (χ4n) is 3.15. The maximum absolute atomic E-state index is 11.6. The number of halogens is 1. The van der Waals surface area contributed by atoms with Gasteiger partial charge in [0.25, 0.3) is 0 Å². The van der Waals surface area contributed by atoms with E-state index in [0.29, 0.717) is 12.0 Å². The summed E-state index contributed by atoms with van der Waals surface area (Å²) in [6.45, 7) is 5.57. The molecule has 19 heavy (non-hydrogen) atoms. The van der Waals surface area contributed by atoms with Crippen LogP contribution in [0, 0.1) is 5.92 Å². The molecule has 3 atom stereocenters. The number of nitrogens with two attached hydrogens (primary N) is 1. The molecule has 1 aromatic rings. The maximum Gasteiger partial charge on any atom is 0.245 e. The van der Waals surface area contributed by atoms with E-state index in [1.54, 1.807) is 0 Å². The third-order valence-electron chi connectivity index (χ3n) is 4.09. The molecule has 1 amide bonds. The van der Waals surface area contributed by atoms with E-state index >= 15 is 0 Å². The summed E-state index contributed by atoms with van der Waals surface area (Å²) in [5.74, 6) is 0.578. The Labute approximate surface area is 121 Å². The van der Waals surface area contributed by atoms with Gasteiger partial charge in [-0.3, -0.25) is 4.79 Å². The second-order valence-electron chi connectivity index (χ2n) is 5.70. The highest BCUT2D eigenvalue weighted by Gasteiger charge is 2.32. The molecule has 0 aliphatic carbocycles. The number of carbonyl (C=O) groups excluding carboxylic acids is 1. The Morgan fingerprint density at radius 2 is 2.16 bits per heavy atom. The lowest BCUT2D eigenvalue weighted by atomic mass is 10.1. The van der Waals surface area contributed by atoms with Gasteiger partial charge in [-0.25, -0.2) is 0 Å². The van der Waals surface area contributed by atoms with Gasteiger partial charge in [0.05, 0.1) is 5.69 Å². The molecule has 3 rings (SSSR count). The van der Waals surface area contributed by atoms with E-state index in [9.17, 15) is 4.79 Å². The zero-order chi connectivity index (χ0) is 13.7. The molecule has 2 heterocycles. The van der Waals surface area contributed by atoms with Crippen molar-refractivity contribution in [2.75, 3.05) is 16.8 Å². The molecular weight excluding hydrogens is 306 g/mol. The molecular formula is C14H18BrN3O. The first kappa shape index (κ1) is 12.9. The number of hydrogen-bond acceptors (Lipinski definition) is 3. The number of anilines is 2. The van der Waals surface area contributed by atoms with Crippen molar-refractivity contribution in [1.29, 1.82) is 0 Å². The second kappa shape index (κ2) is 4.49. The molecule has 0 radical (unpaired) electrons. The highest BCUT2D eigenvalue weighted by atomic mass is 79.9. The number of nitrogens with one attached hydrogen (secondary N) is 1. The Kier molecular flexibility index (Phi) is 3.06. The first-order chi connectivity index (χ1) is 8.97. The first-order valence-electron chi connectivity index (χ1n) is 6.64. The predicted molar refractivity (Wildman–Crippen MR) is 80.3 cm³/mol. The molecule has 5 heteroatoms. The predicted octanol–water partition coefficient (Wildman–Crippen LogP) is 2.64. The van der Waals surface area contributed by atoms with Gasteiger partial charge in [0.1, 0.15) is 6.04 Å². The van der Waals surface area contributed by atoms with Crippen LogP contribution in [0.2, 0.25) is 0 Å². The van der Waals surface area contributed by atoms with Crippen LogP contribution < -0.4 is 16.0 Å². The van der Waals surface area contributed by atoms with Gasteiger partial charge in [-0.05, 0) is 47.3 Å². The number of amides is 1. The first-order valence-corrected chi connectivity index (χ1v) is 7.43. The van der Waals surface area contributed by atoms with Crippen molar-refractivity contribution in [3.8, 4) is 0 Å². The fourth-order valence-corrected chi connectivity index (χ4v) is 3.74. The lowest BCUT2D eigenvalue weighted by Crippen LogP contribution is -2.27. The minimum Gasteiger partial charge on any atom is -0.368 e. The average molecular weight is 324 g/mol. The quantitative estimate of drug-likeness (QED) is 0.835. The molecule has 0 spiro atoms. The van der Waals surface area contributed by atoms with Crippen molar-refractivity contribution in [3.05, 3.63) is 22.2 Å². The lowest BCUT2D eigenvalue weighted by molar-refractivity contribution is -0.116. The summed E-state index contributed by atoms with van der Waals surface area (Å²) in [7, 11) is 0. The molecule has 0 aromatic heterocycles. The molecule has 4 nitrogen and oxygen atoms in total. The van der Waals surface area contributed by atoms with Gasteiger partial charge in [-0.1, -0.05) is 6.92 Å². The Morgan fingerprint density at radius 1 is 1.42 bits per heavy atom. The highest BCUT2D eigenvalue weighted by molar-refractivity contribution is 9.10. The number of nitrogens with zero attached hydrogens (tertiary/aromatic N) is 1. The van der Waals surface area contributed by atoms with Gasteiger partial charge < -0.3 is 16.0 Å². The Hall–Kier alpha value is -1.07. The Balaban J connectivity index is 2.01. The van der Waals surface area contributed by atoms with E-state index in [1.165, 1.54) is 6.42 Å². The Bertz CT molecular complexity index is 546. The van der Waals surface area contributed by atoms with E-state index in [0.717, 1.165) is 28.0 Å². The summed E-state index contributed by atoms with van der Waals surface area (Å²) in [5.41, 5.74) is 8.73. The van der Waals surface area contributed by atoms with Crippen molar-refractivity contribution < 1.29 is 4.79 Å². The number of benzene rings is 1. The molecule has 1 saturated heterocycles. The fraction of sp³-hybridized carbons (Fsp3) is 0.500. The molecule has 0 saturated carbocycles. The van der Waals surface area contributed by atoms with Gasteiger partial charge in [-0.15, -0.1) is 0 Å². The van der Waals surface area contributed by atoms with E-state index < -0.39 is 6.04 Å². The number of carbonyl (C=O) groups is 1. The number of fused-ring (bicyclic) bond motifs is 1. The number of hydrogen-bond donors (Lipinski definition) is 2. The van der Waals surface area contributed by atoms with Gasteiger partial charge in [0.2, 0.25) is 5.91 Å². The van der Waals surface area contributed by atoms with Crippen LogP contribution >= 0.6 is 15.9 Å². The van der Waals surface area contributed by atoms with E-state index in [-0.39, 0.29) is 5.91 Å². The monoisotopic (exact) mass is 323 g/mol. The van der Waals surface area contributed by atoms with Crippen molar-refractivity contribution >= 4 is 33.2 Å². The summed E-state index contributed by atoms with van der Waals surface area (Å²) < 4.78 is 1.01. The van der Waals surface area contributed by atoms with Crippen LogP contribution in [0.5, 0.6) is 0 Å². The second-order valence-corrected chi connectivity index (χ2v) is 6.55. The minimum absolute atomic E-state index is 0.123. The molecule has 1 fully saturated rings. The largest absolute Gasteiger partial charge is 0.368 e. The zero-order valence-electron chi connectivity index (χ0n) is 11.1. The Morgan fingerprint density at radius 3 is 2.79 bits per heavy atom. The lowest BCUT2D eigenvalue weighted by Gasteiger charge is -2.26. The van der Waals surface area contributed by atoms with Crippen LogP contribution in [0.25, 0.3) is 0 Å². The van der Waals surface area contributed by atoms with Crippen molar-refractivity contribution in [1.82, 2.24) is 0 Å². The maximum atomic E-state index is 11.6. The summed E-state index contributed by atoms with van der Waals surface area (Å²) >= 11 is 3.62. The van der Waals surface area contributed by atoms with E-state index in [2.05, 4.69) is 40.0 Å². The SMILES string of the molecule is CC1CC(C)N(c2cc3c(cc2Br)C(N)C(=O)N3)C1. The highest BCUT2D eigenvalue weighted by Crippen LogP contribution is 2.41. The standard InChI is InChI=1S/C14H18BrN3O/c1-7-3-8(2)18(6-7)12-5-11-9(4-10(12)15)13(16)14(19)17-11/h4-5,7-8,13H,3,6,16H2,1-2H3,(H,17,19).